The van der Waals surface area contributed by atoms with E-state index >= 15 is 0 Å². The Hall–Kier alpha value is -1.39. The van der Waals surface area contributed by atoms with E-state index in [9.17, 15) is 0 Å². The maximum atomic E-state index is 3.70. The molecule has 2 bridgehead atoms. The van der Waals surface area contributed by atoms with Crippen LogP contribution in [-0.2, 0) is 0 Å². The van der Waals surface area contributed by atoms with Crippen molar-refractivity contribution in [3.05, 3.63) is 6.33 Å². The second kappa shape index (κ2) is 1.06. The highest BCUT2D eigenvalue weighted by Crippen LogP contribution is 2.16. The molecule has 0 aromatic carbocycles. The van der Waals surface area contributed by atoms with Crippen molar-refractivity contribution in [2.75, 3.05) is 0 Å². The third-order valence-corrected chi connectivity index (χ3v) is 0.729. The van der Waals surface area contributed by atoms with E-state index in [1.807, 2.05) is 0 Å². The first-order valence-electron chi connectivity index (χ1n) is 1.99. The predicted octanol–water partition coefficient (Wildman–Crippen LogP) is 0.401. The molecular weight excluding hydrogens is 106 g/mol. The predicted molar refractivity (Wildman–Crippen MR) is 22.8 cm³/mol. The minimum Gasteiger partial charge on any atom is -0.186 e. The lowest BCUT2D eigenvalue weighted by molar-refractivity contribution is 1.08. The fourth-order valence-corrected chi connectivity index (χ4v) is 0.433. The Kier molecular flexibility index (Phi) is 0.476. The van der Waals surface area contributed by atoms with E-state index in [1.165, 1.54) is 0 Å². The molecule has 8 heavy (non-hydrogen) atoms. The Morgan fingerprint density at radius 3 is 2.12 bits per heavy atom. The van der Waals surface area contributed by atoms with Crippen molar-refractivity contribution in [1.82, 2.24) is 15.0 Å². The summed E-state index contributed by atoms with van der Waals surface area (Å²) in [5.74, 6) is 0.685. The lowest BCUT2D eigenvalue weighted by atomic mass is 10.9. The highest BCUT2D eigenvalue weighted by Gasteiger charge is 2.03. The first-order chi connectivity index (χ1) is 3.95. The fourth-order valence-electron chi connectivity index (χ4n) is 0.433. The number of hydrogen-bond donors (Lipinski definition) is 0. The fraction of sp³-hybridized carbons (Fsp3) is 0. The van der Waals surface area contributed by atoms with Crippen LogP contribution in [-0.4, -0.2) is 15.0 Å². The zero-order valence-electron chi connectivity index (χ0n) is 3.74. The van der Waals surface area contributed by atoms with E-state index in [0.717, 1.165) is 0 Å². The van der Waals surface area contributed by atoms with Crippen LogP contribution in [0.1, 0.15) is 0 Å². The lowest BCUT2D eigenvalue weighted by Crippen LogP contribution is -1.76. The number of nitrogens with zero attached hydrogens (tertiary/aromatic N) is 5. The molecular formula is C3N5. The molecule has 0 atom stereocenters. The third kappa shape index (κ3) is 0.324. The van der Waals surface area contributed by atoms with Crippen molar-refractivity contribution in [2.24, 2.45) is 10.2 Å². The van der Waals surface area contributed by atoms with Gasteiger partial charge in [0.2, 0.25) is 6.33 Å². The summed E-state index contributed by atoms with van der Waals surface area (Å²) >= 11 is 0. The van der Waals surface area contributed by atoms with Crippen LogP contribution in [0.4, 0.5) is 11.9 Å². The molecule has 1 aromatic heterocycles. The molecule has 1 aliphatic heterocycles. The lowest BCUT2D eigenvalue weighted by Gasteiger charge is -1.75. The second-order valence-electron chi connectivity index (χ2n) is 1.24. The molecule has 1 aromatic rings. The zero-order valence-corrected chi connectivity index (χ0v) is 3.74. The van der Waals surface area contributed by atoms with Crippen molar-refractivity contribution in [1.29, 1.82) is 0 Å². The Balaban J connectivity index is 2.82. The average molecular weight is 106 g/mol. The van der Waals surface area contributed by atoms with Crippen molar-refractivity contribution in [3.8, 4) is 0 Å². The summed E-state index contributed by atoms with van der Waals surface area (Å²) in [5.41, 5.74) is 0. The van der Waals surface area contributed by atoms with Crippen LogP contribution >= 0.6 is 0 Å². The van der Waals surface area contributed by atoms with E-state index in [-0.39, 0.29) is 0 Å². The van der Waals surface area contributed by atoms with Crippen LogP contribution in [0.5, 0.6) is 0 Å². The third-order valence-electron chi connectivity index (χ3n) is 0.729. The minimum atomic E-state index is 0.343. The molecule has 1 aliphatic rings. The minimum absolute atomic E-state index is 0.343. The number of hydrogen-bond acceptors (Lipinski definition) is 5. The molecule has 2 heterocycles. The van der Waals surface area contributed by atoms with Crippen molar-refractivity contribution in [2.45, 2.75) is 0 Å². The number of fused-ring (bicyclic) bond motifs is 2. The van der Waals surface area contributed by atoms with Crippen LogP contribution in [0.2, 0.25) is 0 Å². The molecule has 0 saturated carbocycles. The molecule has 5 heteroatoms. The van der Waals surface area contributed by atoms with Gasteiger partial charge in [0.15, 0.2) is 0 Å². The first-order valence-corrected chi connectivity index (χ1v) is 1.99. The normalized spacial score (nSPS) is 12.5. The number of azo groups is 1. The molecule has 0 amide bonds. The van der Waals surface area contributed by atoms with Gasteiger partial charge in [-0.05, 0) is 0 Å². The molecule has 0 N–H and O–H groups in total. The highest BCUT2D eigenvalue weighted by atomic mass is 15.3. The average Bonchev–Trinajstić information content (AvgIpc) is 2.12. The Bertz CT molecular complexity index is 220. The Morgan fingerprint density at radius 2 is 1.62 bits per heavy atom. The number of aromatic nitrogens is 3. The summed E-state index contributed by atoms with van der Waals surface area (Å²) in [6.07, 6.45) is 2.34. The second-order valence-corrected chi connectivity index (χ2v) is 1.24. The van der Waals surface area contributed by atoms with Gasteiger partial charge in [0.1, 0.15) is 0 Å². The van der Waals surface area contributed by atoms with E-state index in [2.05, 4.69) is 31.5 Å². The molecule has 0 aliphatic carbocycles. The summed E-state index contributed by atoms with van der Waals surface area (Å²) in [7, 11) is 0. The van der Waals surface area contributed by atoms with Crippen LogP contribution in [0.15, 0.2) is 10.2 Å². The van der Waals surface area contributed by atoms with Gasteiger partial charge in [-0.3, -0.25) is 0 Å². The van der Waals surface area contributed by atoms with Gasteiger partial charge in [0.25, 0.3) is 11.9 Å². The molecule has 37 valence electrons. The van der Waals surface area contributed by atoms with Gasteiger partial charge in [-0.1, -0.05) is 0 Å². The van der Waals surface area contributed by atoms with Gasteiger partial charge in [0, 0.05) is 0 Å². The maximum absolute atomic E-state index is 3.70. The molecule has 0 saturated heterocycles. The quantitative estimate of drug-likeness (QED) is 0.488. The van der Waals surface area contributed by atoms with Crippen molar-refractivity contribution < 1.29 is 0 Å². The van der Waals surface area contributed by atoms with Gasteiger partial charge >= 0.3 is 0 Å². The van der Waals surface area contributed by atoms with Crippen LogP contribution in [0, 0.1) is 6.33 Å². The first kappa shape index (κ1) is 3.59. The summed E-state index contributed by atoms with van der Waals surface area (Å²) < 4.78 is 0. The van der Waals surface area contributed by atoms with E-state index in [0.29, 0.717) is 11.9 Å². The van der Waals surface area contributed by atoms with Gasteiger partial charge < -0.3 is 0 Å². The summed E-state index contributed by atoms with van der Waals surface area (Å²) in [4.78, 5) is 10.8. The highest BCUT2D eigenvalue weighted by molar-refractivity contribution is 5.26. The summed E-state index contributed by atoms with van der Waals surface area (Å²) in [6, 6.07) is 0. The van der Waals surface area contributed by atoms with Gasteiger partial charge in [-0.15, -0.1) is 10.2 Å². The molecule has 0 unspecified atom stereocenters. The summed E-state index contributed by atoms with van der Waals surface area (Å²) in [5, 5.41) is 7.03. The molecule has 5 nitrogen and oxygen atoms in total. The van der Waals surface area contributed by atoms with E-state index in [4.69, 9.17) is 0 Å². The van der Waals surface area contributed by atoms with Crippen LogP contribution < -0.4 is 0 Å². The SMILES string of the molecule is [c]1nc2nc(n1)N=N2. The topological polar surface area (TPSA) is 63.4 Å². The largest absolute Gasteiger partial charge is 0.274 e. The van der Waals surface area contributed by atoms with Crippen molar-refractivity contribution >= 4 is 11.9 Å². The molecule has 2 rings (SSSR count). The Labute approximate surface area is 44.5 Å². The molecule has 0 fully saturated rings. The number of rotatable bonds is 0. The van der Waals surface area contributed by atoms with E-state index in [1.54, 1.807) is 0 Å². The molecule has 1 radical (unpaired) electrons. The monoisotopic (exact) mass is 106 g/mol. The Morgan fingerprint density at radius 1 is 1.00 bits per heavy atom. The van der Waals surface area contributed by atoms with Crippen LogP contribution in [0.3, 0.4) is 0 Å². The molecule has 0 spiro atoms. The zero-order chi connectivity index (χ0) is 5.40. The van der Waals surface area contributed by atoms with Crippen LogP contribution in [0.25, 0.3) is 0 Å². The van der Waals surface area contributed by atoms with Gasteiger partial charge in [0.05, 0.1) is 0 Å². The van der Waals surface area contributed by atoms with Gasteiger partial charge in [-0.2, -0.15) is 15.0 Å². The maximum Gasteiger partial charge on any atom is 0.274 e. The standard InChI is InChI=1S/C3N5/c1-4-2-6-3(5-1)8-7-2. The van der Waals surface area contributed by atoms with Gasteiger partial charge in [-0.25, -0.2) is 0 Å². The van der Waals surface area contributed by atoms with E-state index < -0.39 is 0 Å². The summed E-state index contributed by atoms with van der Waals surface area (Å²) in [6.45, 7) is 0. The van der Waals surface area contributed by atoms with Crippen molar-refractivity contribution in [3.63, 3.8) is 0 Å². The smallest absolute Gasteiger partial charge is 0.186 e.